The Morgan fingerprint density at radius 2 is 1.77 bits per heavy atom. The molecule has 0 aliphatic heterocycles. The summed E-state index contributed by atoms with van der Waals surface area (Å²) in [4.78, 5) is 28.0. The first-order chi connectivity index (χ1) is 15.0. The number of nitrogens with zero attached hydrogens (tertiary/aromatic N) is 1. The van der Waals surface area contributed by atoms with Crippen molar-refractivity contribution in [1.29, 1.82) is 0 Å². The lowest BCUT2D eigenvalue weighted by Crippen LogP contribution is -2.50. The summed E-state index contributed by atoms with van der Waals surface area (Å²) in [6, 6.07) is 14.5. The van der Waals surface area contributed by atoms with Gasteiger partial charge in [-0.15, -0.1) is 0 Å². The molecule has 0 radical (unpaired) electrons. The van der Waals surface area contributed by atoms with Crippen molar-refractivity contribution in [2.75, 3.05) is 7.11 Å². The van der Waals surface area contributed by atoms with Gasteiger partial charge in [-0.25, -0.2) is 0 Å². The first-order valence-corrected chi connectivity index (χ1v) is 11.3. The maximum atomic E-state index is 13.3. The van der Waals surface area contributed by atoms with Crippen molar-refractivity contribution in [2.24, 2.45) is 0 Å². The van der Waals surface area contributed by atoms with E-state index in [1.165, 1.54) is 6.42 Å². The second kappa shape index (κ2) is 11.2. The summed E-state index contributed by atoms with van der Waals surface area (Å²) in [5.41, 5.74) is 1.69. The molecule has 2 aromatic carbocycles. The summed E-state index contributed by atoms with van der Waals surface area (Å²) in [6.07, 6.45) is 5.66. The molecule has 1 saturated carbocycles. The van der Waals surface area contributed by atoms with Crippen LogP contribution in [0.2, 0.25) is 5.02 Å². The van der Waals surface area contributed by atoms with E-state index in [9.17, 15) is 9.59 Å². The lowest BCUT2D eigenvalue weighted by molar-refractivity contribution is -0.140. The maximum Gasteiger partial charge on any atom is 0.242 e. The highest BCUT2D eigenvalue weighted by Gasteiger charge is 2.28. The number of nitrogens with one attached hydrogen (secondary N) is 1. The van der Waals surface area contributed by atoms with Gasteiger partial charge in [0.1, 0.15) is 11.8 Å². The standard InChI is InChI=1S/C25H31ClN2O3/c1-18(25(30)27-21-9-4-3-5-10-21)28(17-19-12-14-22(31-2)15-13-19)24(29)16-20-8-6-7-11-23(20)26/h6-8,11-15,18,21H,3-5,9-10,16-17H2,1-2H3,(H,27,30)/t18-/m0/s1. The van der Waals surface area contributed by atoms with E-state index < -0.39 is 6.04 Å². The van der Waals surface area contributed by atoms with Crippen LogP contribution in [0.25, 0.3) is 0 Å². The van der Waals surface area contributed by atoms with Crippen molar-refractivity contribution in [3.05, 3.63) is 64.7 Å². The highest BCUT2D eigenvalue weighted by molar-refractivity contribution is 6.31. The predicted octanol–water partition coefficient (Wildman–Crippen LogP) is 4.76. The Labute approximate surface area is 189 Å². The van der Waals surface area contributed by atoms with Crippen molar-refractivity contribution < 1.29 is 14.3 Å². The van der Waals surface area contributed by atoms with Gasteiger partial charge in [0, 0.05) is 17.6 Å². The molecule has 0 aromatic heterocycles. The average Bonchev–Trinajstić information content (AvgIpc) is 2.79. The quantitative estimate of drug-likeness (QED) is 0.641. The number of rotatable bonds is 8. The smallest absolute Gasteiger partial charge is 0.242 e. The van der Waals surface area contributed by atoms with Crippen LogP contribution in [0.3, 0.4) is 0 Å². The summed E-state index contributed by atoms with van der Waals surface area (Å²) in [7, 11) is 1.62. The van der Waals surface area contributed by atoms with Crippen LogP contribution in [0.1, 0.15) is 50.2 Å². The zero-order valence-electron chi connectivity index (χ0n) is 18.3. The molecule has 3 rings (SSSR count). The molecule has 0 unspecified atom stereocenters. The number of ether oxygens (including phenoxy) is 1. The van der Waals surface area contributed by atoms with Crippen molar-refractivity contribution >= 4 is 23.4 Å². The van der Waals surface area contributed by atoms with Crippen LogP contribution in [0.4, 0.5) is 0 Å². The molecular weight excluding hydrogens is 412 g/mol. The highest BCUT2D eigenvalue weighted by atomic mass is 35.5. The van der Waals surface area contributed by atoms with Gasteiger partial charge in [0.05, 0.1) is 13.5 Å². The maximum absolute atomic E-state index is 13.3. The molecule has 1 fully saturated rings. The average molecular weight is 443 g/mol. The molecule has 0 bridgehead atoms. The normalized spacial score (nSPS) is 15.2. The number of halogens is 1. The number of benzene rings is 2. The topological polar surface area (TPSA) is 58.6 Å². The van der Waals surface area contributed by atoms with Gasteiger partial charge in [0.15, 0.2) is 0 Å². The molecule has 2 amide bonds. The lowest BCUT2D eigenvalue weighted by Gasteiger charge is -2.31. The fraction of sp³-hybridized carbons (Fsp3) is 0.440. The molecule has 1 aliphatic rings. The molecule has 1 atom stereocenters. The fourth-order valence-corrected chi connectivity index (χ4v) is 4.19. The molecule has 1 aliphatic carbocycles. The Bertz CT molecular complexity index is 879. The van der Waals surface area contributed by atoms with E-state index in [2.05, 4.69) is 5.32 Å². The SMILES string of the molecule is COc1ccc(CN(C(=O)Cc2ccccc2Cl)[C@@H](C)C(=O)NC2CCCCC2)cc1. The van der Waals surface area contributed by atoms with Gasteiger partial charge in [-0.3, -0.25) is 9.59 Å². The Morgan fingerprint density at radius 3 is 2.42 bits per heavy atom. The van der Waals surface area contributed by atoms with E-state index in [1.807, 2.05) is 42.5 Å². The molecule has 166 valence electrons. The largest absolute Gasteiger partial charge is 0.497 e. The van der Waals surface area contributed by atoms with Crippen molar-refractivity contribution in [3.8, 4) is 5.75 Å². The minimum Gasteiger partial charge on any atom is -0.497 e. The number of carbonyl (C=O) groups excluding carboxylic acids is 2. The Kier molecular flexibility index (Phi) is 8.35. The number of hydrogen-bond donors (Lipinski definition) is 1. The first kappa shape index (κ1) is 23.1. The van der Waals surface area contributed by atoms with Gasteiger partial charge in [-0.1, -0.05) is 61.2 Å². The summed E-state index contributed by atoms with van der Waals surface area (Å²) < 4.78 is 5.22. The first-order valence-electron chi connectivity index (χ1n) is 10.9. The van der Waals surface area contributed by atoms with Gasteiger partial charge >= 0.3 is 0 Å². The molecule has 31 heavy (non-hydrogen) atoms. The van der Waals surface area contributed by atoms with Crippen LogP contribution < -0.4 is 10.1 Å². The summed E-state index contributed by atoms with van der Waals surface area (Å²) in [5, 5.41) is 3.71. The van der Waals surface area contributed by atoms with Gasteiger partial charge in [0.2, 0.25) is 11.8 Å². The Hall–Kier alpha value is -2.53. The predicted molar refractivity (Wildman–Crippen MR) is 123 cm³/mol. The van der Waals surface area contributed by atoms with Crippen LogP contribution in [0, 0.1) is 0 Å². The van der Waals surface area contributed by atoms with Crippen molar-refractivity contribution in [3.63, 3.8) is 0 Å². The minimum absolute atomic E-state index is 0.104. The fourth-order valence-electron chi connectivity index (χ4n) is 3.99. The number of methoxy groups -OCH3 is 1. The van der Waals surface area contributed by atoms with Crippen LogP contribution in [-0.2, 0) is 22.6 Å². The van der Waals surface area contributed by atoms with E-state index in [4.69, 9.17) is 16.3 Å². The molecule has 6 heteroatoms. The highest BCUT2D eigenvalue weighted by Crippen LogP contribution is 2.21. The third-order valence-electron chi connectivity index (χ3n) is 5.93. The molecule has 5 nitrogen and oxygen atoms in total. The summed E-state index contributed by atoms with van der Waals surface area (Å²) in [5.74, 6) is 0.518. The van der Waals surface area contributed by atoms with E-state index in [-0.39, 0.29) is 24.3 Å². The van der Waals surface area contributed by atoms with Crippen LogP contribution in [0.15, 0.2) is 48.5 Å². The second-order valence-corrected chi connectivity index (χ2v) is 8.56. The third kappa shape index (κ3) is 6.47. The van der Waals surface area contributed by atoms with Crippen LogP contribution in [-0.4, -0.2) is 35.9 Å². The van der Waals surface area contributed by atoms with E-state index in [0.29, 0.717) is 11.6 Å². The molecule has 0 heterocycles. The summed E-state index contributed by atoms with van der Waals surface area (Å²) in [6.45, 7) is 2.14. The Balaban J connectivity index is 1.76. The van der Waals surface area contributed by atoms with Gasteiger partial charge in [0.25, 0.3) is 0 Å². The van der Waals surface area contributed by atoms with Gasteiger partial charge in [-0.2, -0.15) is 0 Å². The van der Waals surface area contributed by atoms with Crippen molar-refractivity contribution in [1.82, 2.24) is 10.2 Å². The molecular formula is C25H31ClN2O3. The second-order valence-electron chi connectivity index (χ2n) is 8.16. The van der Waals surface area contributed by atoms with Gasteiger partial charge < -0.3 is 15.0 Å². The number of hydrogen-bond acceptors (Lipinski definition) is 3. The third-order valence-corrected chi connectivity index (χ3v) is 6.30. The summed E-state index contributed by atoms with van der Waals surface area (Å²) >= 11 is 6.27. The zero-order chi connectivity index (χ0) is 22.2. The van der Waals surface area contributed by atoms with Crippen LogP contribution >= 0.6 is 11.6 Å². The van der Waals surface area contributed by atoms with Crippen molar-refractivity contribution in [2.45, 2.75) is 64.1 Å². The molecule has 2 aromatic rings. The lowest BCUT2D eigenvalue weighted by atomic mass is 9.95. The molecule has 1 N–H and O–H groups in total. The van der Waals surface area contributed by atoms with E-state index in [0.717, 1.165) is 42.6 Å². The van der Waals surface area contributed by atoms with E-state index in [1.54, 1.807) is 25.0 Å². The number of amides is 2. The minimum atomic E-state index is -0.584. The molecule has 0 spiro atoms. The zero-order valence-corrected chi connectivity index (χ0v) is 19.0. The Morgan fingerprint density at radius 1 is 1.10 bits per heavy atom. The van der Waals surface area contributed by atoms with E-state index >= 15 is 0 Å². The van der Waals surface area contributed by atoms with Gasteiger partial charge in [-0.05, 0) is 49.1 Å². The molecule has 0 saturated heterocycles. The van der Waals surface area contributed by atoms with Crippen LogP contribution in [0.5, 0.6) is 5.75 Å². The monoisotopic (exact) mass is 442 g/mol. The number of carbonyl (C=O) groups is 2.